The van der Waals surface area contributed by atoms with Crippen molar-refractivity contribution in [3.8, 4) is 11.5 Å². The van der Waals surface area contributed by atoms with E-state index in [1.807, 2.05) is 48.8 Å². The molecule has 0 bridgehead atoms. The molecule has 120 valence electrons. The van der Waals surface area contributed by atoms with Gasteiger partial charge in [-0.3, -0.25) is 4.99 Å². The zero-order valence-corrected chi connectivity index (χ0v) is 13.2. The summed E-state index contributed by atoms with van der Waals surface area (Å²) in [6, 6.07) is 13.5. The highest BCUT2D eigenvalue weighted by atomic mass is 16.5. The molecule has 1 aromatic heterocycles. The smallest absolute Gasteiger partial charge is 0.174 e. The monoisotopic (exact) mass is 327 g/mol. The average molecular weight is 327 g/mol. The largest absolute Gasteiger partial charge is 0.504 e. The van der Waals surface area contributed by atoms with Crippen molar-refractivity contribution in [3.05, 3.63) is 70.4 Å². The molecule has 3 heterocycles. The first kappa shape index (κ1) is 13.1. The predicted molar refractivity (Wildman–Crippen MR) is 94.9 cm³/mol. The Labute approximate surface area is 142 Å². The number of benzene rings is 2. The fourth-order valence-corrected chi connectivity index (χ4v) is 4.25. The fourth-order valence-electron chi connectivity index (χ4n) is 4.25. The standard InChI is InChI=1S/C21H13NO3/c23-16-6-3-5-15-19(16)25-20-18-14(13-4-1-2-7-17(13)24-18)10-12-11-22-9-8-21(12,15)20/h1-7,9-11,23H,8H2. The average Bonchev–Trinajstić information content (AvgIpc) is 3.17. The van der Waals surface area contributed by atoms with Crippen molar-refractivity contribution < 1.29 is 14.3 Å². The first-order valence-electron chi connectivity index (χ1n) is 8.26. The van der Waals surface area contributed by atoms with Crippen LogP contribution in [0.1, 0.15) is 12.0 Å². The Bertz CT molecular complexity index is 1260. The number of phenols is 1. The molecule has 1 N–H and O–H groups in total. The number of para-hydroxylation sites is 2. The summed E-state index contributed by atoms with van der Waals surface area (Å²) >= 11 is 0. The number of phenolic OH excluding ortho intramolecular Hbond substituents is 1. The number of ether oxygens (including phenoxy) is 1. The highest BCUT2D eigenvalue weighted by Crippen LogP contribution is 2.56. The van der Waals surface area contributed by atoms with Gasteiger partial charge in [0.1, 0.15) is 5.58 Å². The van der Waals surface area contributed by atoms with Gasteiger partial charge in [0.05, 0.1) is 5.41 Å². The van der Waals surface area contributed by atoms with Gasteiger partial charge in [-0.05, 0) is 23.8 Å². The van der Waals surface area contributed by atoms with Crippen LogP contribution in [0.5, 0.6) is 11.5 Å². The Hall–Kier alpha value is -3.27. The van der Waals surface area contributed by atoms with E-state index in [9.17, 15) is 5.11 Å². The Morgan fingerprint density at radius 3 is 2.96 bits per heavy atom. The second kappa shape index (κ2) is 4.22. The van der Waals surface area contributed by atoms with Gasteiger partial charge in [0.25, 0.3) is 0 Å². The molecular weight excluding hydrogens is 314 g/mol. The lowest BCUT2D eigenvalue weighted by Crippen LogP contribution is -2.41. The molecule has 1 unspecified atom stereocenters. The lowest BCUT2D eigenvalue weighted by atomic mass is 9.69. The molecule has 4 nitrogen and oxygen atoms in total. The van der Waals surface area contributed by atoms with Gasteiger partial charge in [-0.15, -0.1) is 0 Å². The van der Waals surface area contributed by atoms with Crippen LogP contribution in [-0.4, -0.2) is 11.3 Å². The van der Waals surface area contributed by atoms with Crippen molar-refractivity contribution >= 4 is 29.0 Å². The number of furan rings is 1. The molecule has 0 amide bonds. The summed E-state index contributed by atoms with van der Waals surface area (Å²) in [5.74, 6) is 1.41. The minimum Gasteiger partial charge on any atom is -0.504 e. The molecule has 3 aromatic rings. The quantitative estimate of drug-likeness (QED) is 0.691. The van der Waals surface area contributed by atoms with Crippen molar-refractivity contribution in [1.82, 2.24) is 0 Å². The van der Waals surface area contributed by atoms with E-state index < -0.39 is 5.41 Å². The molecule has 1 spiro atoms. The van der Waals surface area contributed by atoms with Crippen molar-refractivity contribution in [2.75, 3.05) is 0 Å². The number of fused-ring (bicyclic) bond motifs is 4. The number of aliphatic imine (C=N–C) groups is 1. The molecule has 3 aliphatic rings. The van der Waals surface area contributed by atoms with Crippen LogP contribution in [0.15, 0.2) is 63.6 Å². The number of rotatable bonds is 0. The van der Waals surface area contributed by atoms with Crippen LogP contribution in [-0.2, 0) is 5.41 Å². The third-order valence-electron chi connectivity index (χ3n) is 5.40. The van der Waals surface area contributed by atoms with Crippen LogP contribution in [0.3, 0.4) is 0 Å². The lowest BCUT2D eigenvalue weighted by molar-refractivity contribution is 0.411. The topological polar surface area (TPSA) is 55.0 Å². The molecule has 0 saturated heterocycles. The first-order chi connectivity index (χ1) is 12.3. The summed E-state index contributed by atoms with van der Waals surface area (Å²) in [6.07, 6.45) is 6.60. The summed E-state index contributed by atoms with van der Waals surface area (Å²) in [5, 5.41) is 12.4. The zero-order valence-electron chi connectivity index (χ0n) is 13.2. The van der Waals surface area contributed by atoms with Gasteiger partial charge in [0.2, 0.25) is 0 Å². The van der Waals surface area contributed by atoms with E-state index in [2.05, 4.69) is 11.1 Å². The molecule has 1 aliphatic carbocycles. The molecular formula is C21H13NO3. The highest BCUT2D eigenvalue weighted by molar-refractivity contribution is 5.90. The molecule has 1 atom stereocenters. The van der Waals surface area contributed by atoms with Crippen LogP contribution >= 0.6 is 0 Å². The summed E-state index contributed by atoms with van der Waals surface area (Å²) in [6.45, 7) is 0. The maximum absolute atomic E-state index is 10.3. The van der Waals surface area contributed by atoms with Gasteiger partial charge >= 0.3 is 0 Å². The third kappa shape index (κ3) is 1.41. The molecule has 2 aliphatic heterocycles. The highest BCUT2D eigenvalue weighted by Gasteiger charge is 2.51. The lowest BCUT2D eigenvalue weighted by Gasteiger charge is -2.32. The molecule has 0 fully saturated rings. The van der Waals surface area contributed by atoms with E-state index in [0.717, 1.165) is 38.5 Å². The Morgan fingerprint density at radius 2 is 2.00 bits per heavy atom. The van der Waals surface area contributed by atoms with Gasteiger partial charge in [-0.25, -0.2) is 0 Å². The maximum Gasteiger partial charge on any atom is 0.174 e. The SMILES string of the molecule is Oc1cccc2c1OC1=c3oc4ccccc4c3=CC3=CN=CCC312. The van der Waals surface area contributed by atoms with Crippen LogP contribution < -0.4 is 15.4 Å². The number of hydrogen-bond donors (Lipinski definition) is 1. The number of hydrogen-bond acceptors (Lipinski definition) is 4. The second-order valence-corrected chi connectivity index (χ2v) is 6.60. The molecule has 2 aromatic carbocycles. The van der Waals surface area contributed by atoms with Crippen LogP contribution in [0.2, 0.25) is 0 Å². The fraction of sp³-hybridized carbons (Fsp3) is 0.0952. The van der Waals surface area contributed by atoms with Crippen molar-refractivity contribution in [2.45, 2.75) is 11.8 Å². The van der Waals surface area contributed by atoms with Crippen LogP contribution in [0.25, 0.3) is 22.8 Å². The van der Waals surface area contributed by atoms with E-state index >= 15 is 0 Å². The van der Waals surface area contributed by atoms with E-state index in [1.165, 1.54) is 0 Å². The molecule has 0 saturated carbocycles. The molecule has 25 heavy (non-hydrogen) atoms. The summed E-state index contributed by atoms with van der Waals surface area (Å²) < 4.78 is 12.4. The number of aromatic hydroxyl groups is 1. The summed E-state index contributed by atoms with van der Waals surface area (Å²) in [7, 11) is 0. The Morgan fingerprint density at radius 1 is 1.08 bits per heavy atom. The van der Waals surface area contributed by atoms with E-state index in [4.69, 9.17) is 9.15 Å². The van der Waals surface area contributed by atoms with Crippen LogP contribution in [0.4, 0.5) is 0 Å². The third-order valence-corrected chi connectivity index (χ3v) is 5.40. The zero-order chi connectivity index (χ0) is 16.6. The van der Waals surface area contributed by atoms with E-state index in [0.29, 0.717) is 12.2 Å². The van der Waals surface area contributed by atoms with Gasteiger partial charge < -0.3 is 14.3 Å². The maximum atomic E-state index is 10.3. The van der Waals surface area contributed by atoms with Gasteiger partial charge in [0.15, 0.2) is 22.7 Å². The Kier molecular flexibility index (Phi) is 2.21. The van der Waals surface area contributed by atoms with Gasteiger partial charge in [0, 0.05) is 35.0 Å². The minimum atomic E-state index is -0.475. The number of nitrogens with zero attached hydrogens (tertiary/aromatic N) is 1. The molecule has 4 heteroatoms. The molecule has 0 radical (unpaired) electrons. The molecule has 6 rings (SSSR count). The van der Waals surface area contributed by atoms with Gasteiger partial charge in [-0.1, -0.05) is 30.3 Å². The van der Waals surface area contributed by atoms with Crippen molar-refractivity contribution in [2.24, 2.45) is 4.99 Å². The minimum absolute atomic E-state index is 0.147. The van der Waals surface area contributed by atoms with E-state index in [1.54, 1.807) is 6.07 Å². The van der Waals surface area contributed by atoms with Crippen molar-refractivity contribution in [3.63, 3.8) is 0 Å². The van der Waals surface area contributed by atoms with E-state index in [-0.39, 0.29) is 5.75 Å². The predicted octanol–water partition coefficient (Wildman–Crippen LogP) is 2.73. The normalized spacial score (nSPS) is 22.4. The first-order valence-corrected chi connectivity index (χ1v) is 8.26. The van der Waals surface area contributed by atoms with Crippen LogP contribution in [0, 0.1) is 0 Å². The summed E-state index contributed by atoms with van der Waals surface area (Å²) in [4.78, 5) is 4.37. The van der Waals surface area contributed by atoms with Gasteiger partial charge in [-0.2, -0.15) is 0 Å². The van der Waals surface area contributed by atoms with Crippen molar-refractivity contribution in [1.29, 1.82) is 0 Å². The Balaban J connectivity index is 1.84. The second-order valence-electron chi connectivity index (χ2n) is 6.60. The summed E-state index contributed by atoms with van der Waals surface area (Å²) in [5.41, 5.74) is 3.12.